The van der Waals surface area contributed by atoms with E-state index in [2.05, 4.69) is 23.3 Å². The van der Waals surface area contributed by atoms with Crippen molar-refractivity contribution in [3.63, 3.8) is 0 Å². The SMILES string of the molecule is CC1CCCN(C(=O)c2cc(Nc3ccc(C#N)cc3)ccn2)C1. The zero-order valence-corrected chi connectivity index (χ0v) is 13.7. The summed E-state index contributed by atoms with van der Waals surface area (Å²) in [6.07, 6.45) is 3.88. The van der Waals surface area contributed by atoms with Gasteiger partial charge in [-0.15, -0.1) is 0 Å². The van der Waals surface area contributed by atoms with Crippen molar-refractivity contribution in [1.82, 2.24) is 9.88 Å². The Kier molecular flexibility index (Phi) is 4.76. The minimum absolute atomic E-state index is 0.00923. The van der Waals surface area contributed by atoms with E-state index in [4.69, 9.17) is 5.26 Å². The van der Waals surface area contributed by atoms with E-state index < -0.39 is 0 Å². The number of piperidine rings is 1. The minimum atomic E-state index is -0.00923. The number of pyridine rings is 1. The Hall–Kier alpha value is -2.87. The van der Waals surface area contributed by atoms with Gasteiger partial charge in [0.05, 0.1) is 11.6 Å². The van der Waals surface area contributed by atoms with E-state index in [0.717, 1.165) is 30.9 Å². The van der Waals surface area contributed by atoms with Gasteiger partial charge in [0.1, 0.15) is 5.69 Å². The van der Waals surface area contributed by atoms with Gasteiger partial charge in [0.2, 0.25) is 0 Å². The number of likely N-dealkylation sites (tertiary alicyclic amines) is 1. The molecule has 3 rings (SSSR count). The lowest BCUT2D eigenvalue weighted by Gasteiger charge is -2.30. The van der Waals surface area contributed by atoms with E-state index >= 15 is 0 Å². The summed E-state index contributed by atoms with van der Waals surface area (Å²) in [6, 6.07) is 12.9. The second-order valence-electron chi connectivity index (χ2n) is 6.24. The number of amides is 1. The first kappa shape index (κ1) is 16.0. The van der Waals surface area contributed by atoms with Crippen molar-refractivity contribution in [3.05, 3.63) is 53.9 Å². The molecule has 1 atom stereocenters. The van der Waals surface area contributed by atoms with Crippen molar-refractivity contribution in [3.8, 4) is 6.07 Å². The third kappa shape index (κ3) is 3.72. The van der Waals surface area contributed by atoms with Crippen LogP contribution in [0.15, 0.2) is 42.6 Å². The van der Waals surface area contributed by atoms with E-state index in [1.165, 1.54) is 6.42 Å². The number of nitriles is 1. The molecule has 1 fully saturated rings. The Balaban J connectivity index is 1.73. The lowest BCUT2D eigenvalue weighted by molar-refractivity contribution is 0.0677. The van der Waals surface area contributed by atoms with Gasteiger partial charge in [0.25, 0.3) is 5.91 Å². The number of carbonyl (C=O) groups is 1. The van der Waals surface area contributed by atoms with E-state index in [1.54, 1.807) is 24.4 Å². The first-order valence-electron chi connectivity index (χ1n) is 8.18. The zero-order valence-electron chi connectivity index (χ0n) is 13.7. The standard InChI is InChI=1S/C19H20N4O/c1-14-3-2-10-23(13-14)19(24)18-11-17(8-9-21-18)22-16-6-4-15(12-20)5-7-16/h4-9,11,14H,2-3,10,13H2,1H3,(H,21,22). The van der Waals surface area contributed by atoms with Crippen molar-refractivity contribution >= 4 is 17.3 Å². The van der Waals surface area contributed by atoms with Crippen LogP contribution in [-0.4, -0.2) is 28.9 Å². The normalized spacial score (nSPS) is 17.2. The lowest BCUT2D eigenvalue weighted by Crippen LogP contribution is -2.39. The molecule has 1 amide bonds. The van der Waals surface area contributed by atoms with Gasteiger partial charge in [-0.1, -0.05) is 6.92 Å². The summed E-state index contributed by atoms with van der Waals surface area (Å²) >= 11 is 0. The maximum absolute atomic E-state index is 12.6. The van der Waals surface area contributed by atoms with Crippen molar-refractivity contribution < 1.29 is 4.79 Å². The Morgan fingerprint density at radius 2 is 2.08 bits per heavy atom. The molecule has 1 aromatic heterocycles. The number of anilines is 2. The maximum Gasteiger partial charge on any atom is 0.272 e. The molecule has 1 unspecified atom stereocenters. The molecule has 1 aliphatic rings. The third-order valence-corrected chi connectivity index (χ3v) is 4.23. The average molecular weight is 320 g/mol. The Morgan fingerprint density at radius 1 is 1.29 bits per heavy atom. The second kappa shape index (κ2) is 7.14. The number of benzene rings is 1. The molecule has 0 bridgehead atoms. The van der Waals surface area contributed by atoms with Crippen molar-refractivity contribution in [1.29, 1.82) is 5.26 Å². The summed E-state index contributed by atoms with van der Waals surface area (Å²) in [5, 5.41) is 12.1. The van der Waals surface area contributed by atoms with Crippen molar-refractivity contribution in [2.75, 3.05) is 18.4 Å². The quantitative estimate of drug-likeness (QED) is 0.938. The van der Waals surface area contributed by atoms with E-state index in [9.17, 15) is 4.79 Å². The number of rotatable bonds is 3. The molecule has 2 aromatic rings. The highest BCUT2D eigenvalue weighted by atomic mass is 16.2. The Labute approximate surface area is 141 Å². The smallest absolute Gasteiger partial charge is 0.272 e. The monoisotopic (exact) mass is 320 g/mol. The molecule has 1 N–H and O–H groups in total. The van der Waals surface area contributed by atoms with Gasteiger partial charge in [-0.3, -0.25) is 9.78 Å². The number of aromatic nitrogens is 1. The molecular weight excluding hydrogens is 300 g/mol. The van der Waals surface area contributed by atoms with Crippen LogP contribution in [0.3, 0.4) is 0 Å². The van der Waals surface area contributed by atoms with Gasteiger partial charge >= 0.3 is 0 Å². The summed E-state index contributed by atoms with van der Waals surface area (Å²) in [7, 11) is 0. The summed E-state index contributed by atoms with van der Waals surface area (Å²) < 4.78 is 0. The number of carbonyl (C=O) groups excluding carboxylic acids is 1. The van der Waals surface area contributed by atoms with E-state index in [-0.39, 0.29) is 5.91 Å². The minimum Gasteiger partial charge on any atom is -0.355 e. The fourth-order valence-corrected chi connectivity index (χ4v) is 2.96. The number of nitrogens with zero attached hydrogens (tertiary/aromatic N) is 3. The topological polar surface area (TPSA) is 69.0 Å². The van der Waals surface area contributed by atoms with Gasteiger partial charge in [0, 0.05) is 30.7 Å². The third-order valence-electron chi connectivity index (χ3n) is 4.23. The molecule has 1 aromatic carbocycles. The predicted octanol–water partition coefficient (Wildman–Crippen LogP) is 3.57. The maximum atomic E-state index is 12.6. The van der Waals surface area contributed by atoms with E-state index in [0.29, 0.717) is 17.2 Å². The van der Waals surface area contributed by atoms with Crippen LogP contribution in [0.25, 0.3) is 0 Å². The first-order chi connectivity index (χ1) is 11.7. The number of nitrogens with one attached hydrogen (secondary N) is 1. The van der Waals surface area contributed by atoms with Crippen LogP contribution in [0.1, 0.15) is 35.8 Å². The molecular formula is C19H20N4O. The highest BCUT2D eigenvalue weighted by Crippen LogP contribution is 2.20. The van der Waals surface area contributed by atoms with Gasteiger partial charge in [-0.25, -0.2) is 0 Å². The summed E-state index contributed by atoms with van der Waals surface area (Å²) in [6.45, 7) is 3.78. The predicted molar refractivity (Wildman–Crippen MR) is 93.0 cm³/mol. The molecule has 5 nitrogen and oxygen atoms in total. The molecule has 5 heteroatoms. The molecule has 0 radical (unpaired) electrons. The van der Waals surface area contributed by atoms with Gasteiger partial charge in [-0.05, 0) is 55.2 Å². The molecule has 2 heterocycles. The Bertz CT molecular complexity index is 764. The van der Waals surface area contributed by atoms with Gasteiger partial charge in [0.15, 0.2) is 0 Å². The molecule has 122 valence electrons. The number of hydrogen-bond acceptors (Lipinski definition) is 4. The number of hydrogen-bond donors (Lipinski definition) is 1. The fraction of sp³-hybridized carbons (Fsp3) is 0.316. The van der Waals surface area contributed by atoms with Crippen LogP contribution in [0.2, 0.25) is 0 Å². The van der Waals surface area contributed by atoms with Gasteiger partial charge < -0.3 is 10.2 Å². The van der Waals surface area contributed by atoms with Crippen LogP contribution in [0, 0.1) is 17.2 Å². The largest absolute Gasteiger partial charge is 0.355 e. The molecule has 0 aliphatic carbocycles. The van der Waals surface area contributed by atoms with Crippen molar-refractivity contribution in [2.45, 2.75) is 19.8 Å². The highest BCUT2D eigenvalue weighted by molar-refractivity contribution is 5.93. The summed E-state index contributed by atoms with van der Waals surface area (Å²) in [5.41, 5.74) is 2.75. The molecule has 24 heavy (non-hydrogen) atoms. The Morgan fingerprint density at radius 3 is 2.79 bits per heavy atom. The first-order valence-corrected chi connectivity index (χ1v) is 8.18. The summed E-state index contributed by atoms with van der Waals surface area (Å²) in [5.74, 6) is 0.535. The van der Waals surface area contributed by atoms with Crippen LogP contribution in [0.4, 0.5) is 11.4 Å². The van der Waals surface area contributed by atoms with Crippen molar-refractivity contribution in [2.24, 2.45) is 5.92 Å². The van der Waals surface area contributed by atoms with Gasteiger partial charge in [-0.2, -0.15) is 5.26 Å². The highest BCUT2D eigenvalue weighted by Gasteiger charge is 2.22. The second-order valence-corrected chi connectivity index (χ2v) is 6.24. The van der Waals surface area contributed by atoms with Crippen LogP contribution < -0.4 is 5.32 Å². The molecule has 0 spiro atoms. The zero-order chi connectivity index (χ0) is 16.9. The van der Waals surface area contributed by atoms with E-state index in [1.807, 2.05) is 23.1 Å². The lowest BCUT2D eigenvalue weighted by atomic mass is 10.00. The molecule has 1 saturated heterocycles. The van der Waals surface area contributed by atoms with Crippen LogP contribution in [0.5, 0.6) is 0 Å². The molecule has 1 aliphatic heterocycles. The summed E-state index contributed by atoms with van der Waals surface area (Å²) in [4.78, 5) is 18.8. The fourth-order valence-electron chi connectivity index (χ4n) is 2.96. The molecule has 0 saturated carbocycles. The van der Waals surface area contributed by atoms with Crippen LogP contribution >= 0.6 is 0 Å². The van der Waals surface area contributed by atoms with Crippen LogP contribution in [-0.2, 0) is 0 Å². The average Bonchev–Trinajstić information content (AvgIpc) is 2.62.